The summed E-state index contributed by atoms with van der Waals surface area (Å²) in [6.45, 7) is 6.22. The minimum Gasteiger partial charge on any atom is -0.491 e. The molecule has 0 atom stereocenters. The van der Waals surface area contributed by atoms with Crippen molar-refractivity contribution in [2.75, 3.05) is 18.4 Å². The lowest BCUT2D eigenvalue weighted by Crippen LogP contribution is -2.37. The molecule has 2 aromatic carbocycles. The summed E-state index contributed by atoms with van der Waals surface area (Å²) in [5, 5.41) is 7.10. The van der Waals surface area contributed by atoms with E-state index in [-0.39, 0.29) is 17.9 Å². The Morgan fingerprint density at radius 2 is 1.84 bits per heavy atom. The summed E-state index contributed by atoms with van der Waals surface area (Å²) in [4.78, 5) is 19.4. The van der Waals surface area contributed by atoms with Gasteiger partial charge in [0.05, 0.1) is 12.6 Å². The lowest BCUT2D eigenvalue weighted by molar-refractivity contribution is -0.121. The van der Waals surface area contributed by atoms with Crippen molar-refractivity contribution in [1.82, 2.24) is 15.0 Å². The van der Waals surface area contributed by atoms with Gasteiger partial charge in [-0.3, -0.25) is 9.69 Å². The molecule has 1 N–H and O–H groups in total. The van der Waals surface area contributed by atoms with Gasteiger partial charge in [0.2, 0.25) is 17.6 Å². The van der Waals surface area contributed by atoms with E-state index in [1.54, 1.807) is 0 Å². The molecule has 4 rings (SSSR count). The van der Waals surface area contributed by atoms with Crippen molar-refractivity contribution >= 4 is 11.6 Å². The van der Waals surface area contributed by atoms with E-state index < -0.39 is 0 Å². The number of piperidine rings is 1. The molecule has 0 bridgehead atoms. The Hall–Kier alpha value is -3.19. The molecule has 0 radical (unpaired) electrons. The van der Waals surface area contributed by atoms with Gasteiger partial charge in [0.25, 0.3) is 0 Å². The average Bonchev–Trinajstić information content (AvgIpc) is 3.24. The first-order valence-corrected chi connectivity index (χ1v) is 10.7. The number of benzene rings is 2. The number of ether oxygens (including phenoxy) is 1. The smallest absolute Gasteiger partial charge is 0.241 e. The molecule has 0 spiro atoms. The summed E-state index contributed by atoms with van der Waals surface area (Å²) in [5.74, 6) is 2.09. The number of aromatic nitrogens is 2. The summed E-state index contributed by atoms with van der Waals surface area (Å²) in [7, 11) is 0. The molecule has 1 fully saturated rings. The summed E-state index contributed by atoms with van der Waals surface area (Å²) in [6.07, 6.45) is 1.74. The SMILES string of the molecule is CC(C)Oc1ccc(NC(=O)C2CCN(Cc3nc(-c4ccccc4)no3)CC2)cc1. The maximum Gasteiger partial charge on any atom is 0.241 e. The molecule has 0 unspecified atom stereocenters. The van der Waals surface area contributed by atoms with E-state index in [0.29, 0.717) is 18.3 Å². The Bertz CT molecular complexity index is 978. The van der Waals surface area contributed by atoms with E-state index >= 15 is 0 Å². The van der Waals surface area contributed by atoms with Crippen LogP contribution < -0.4 is 10.1 Å². The van der Waals surface area contributed by atoms with Crippen LogP contribution >= 0.6 is 0 Å². The van der Waals surface area contributed by atoms with Crippen molar-refractivity contribution in [2.24, 2.45) is 5.92 Å². The van der Waals surface area contributed by atoms with E-state index in [1.807, 2.05) is 68.4 Å². The van der Waals surface area contributed by atoms with Crippen molar-refractivity contribution in [3.63, 3.8) is 0 Å². The summed E-state index contributed by atoms with van der Waals surface area (Å²) in [6, 6.07) is 17.3. The molecule has 1 aromatic heterocycles. The van der Waals surface area contributed by atoms with Gasteiger partial charge in [0.1, 0.15) is 5.75 Å². The van der Waals surface area contributed by atoms with Crippen LogP contribution in [0.3, 0.4) is 0 Å². The number of carbonyl (C=O) groups is 1. The normalized spacial score (nSPS) is 15.2. The molecule has 7 heteroatoms. The van der Waals surface area contributed by atoms with Gasteiger partial charge in [0, 0.05) is 17.2 Å². The van der Waals surface area contributed by atoms with E-state index in [0.717, 1.165) is 42.9 Å². The molecule has 1 amide bonds. The first kappa shape index (κ1) is 21.1. The van der Waals surface area contributed by atoms with Gasteiger partial charge in [-0.25, -0.2) is 0 Å². The third-order valence-corrected chi connectivity index (χ3v) is 5.31. The fourth-order valence-electron chi connectivity index (χ4n) is 3.70. The fraction of sp³-hybridized carbons (Fsp3) is 0.375. The van der Waals surface area contributed by atoms with Gasteiger partial charge < -0.3 is 14.6 Å². The van der Waals surface area contributed by atoms with Crippen LogP contribution in [0.15, 0.2) is 59.1 Å². The van der Waals surface area contributed by atoms with Gasteiger partial charge in [-0.05, 0) is 64.0 Å². The van der Waals surface area contributed by atoms with Crippen LogP contribution in [0.2, 0.25) is 0 Å². The second-order valence-electron chi connectivity index (χ2n) is 8.11. The monoisotopic (exact) mass is 420 g/mol. The van der Waals surface area contributed by atoms with Crippen molar-refractivity contribution < 1.29 is 14.1 Å². The number of hydrogen-bond donors (Lipinski definition) is 1. The number of carbonyl (C=O) groups excluding carboxylic acids is 1. The van der Waals surface area contributed by atoms with Gasteiger partial charge in [0.15, 0.2) is 0 Å². The topological polar surface area (TPSA) is 80.5 Å². The second kappa shape index (κ2) is 9.75. The van der Waals surface area contributed by atoms with Crippen molar-refractivity contribution in [2.45, 2.75) is 39.3 Å². The predicted molar refractivity (Wildman–Crippen MR) is 119 cm³/mol. The predicted octanol–water partition coefficient (Wildman–Crippen LogP) is 4.37. The van der Waals surface area contributed by atoms with Crippen LogP contribution in [0.1, 0.15) is 32.6 Å². The molecular weight excluding hydrogens is 392 g/mol. The zero-order chi connectivity index (χ0) is 21.6. The molecule has 7 nitrogen and oxygen atoms in total. The summed E-state index contributed by atoms with van der Waals surface area (Å²) in [5.41, 5.74) is 1.74. The van der Waals surface area contributed by atoms with Gasteiger partial charge in [-0.1, -0.05) is 35.5 Å². The first-order valence-electron chi connectivity index (χ1n) is 10.7. The molecule has 0 aliphatic carbocycles. The number of amides is 1. The zero-order valence-corrected chi connectivity index (χ0v) is 18.0. The molecule has 162 valence electrons. The van der Waals surface area contributed by atoms with Gasteiger partial charge >= 0.3 is 0 Å². The maximum absolute atomic E-state index is 12.7. The van der Waals surface area contributed by atoms with Crippen LogP contribution in [0.25, 0.3) is 11.4 Å². The molecule has 3 aromatic rings. The maximum atomic E-state index is 12.7. The molecular formula is C24H28N4O3. The molecule has 1 saturated heterocycles. The van der Waals surface area contributed by atoms with E-state index in [4.69, 9.17) is 9.26 Å². The van der Waals surface area contributed by atoms with Crippen molar-refractivity contribution in [3.05, 3.63) is 60.5 Å². The first-order chi connectivity index (χ1) is 15.1. The standard InChI is InChI=1S/C24H28N4O3/c1-17(2)30-21-10-8-20(9-11-21)25-24(29)19-12-14-28(15-13-19)16-22-26-23(27-31-22)18-6-4-3-5-7-18/h3-11,17,19H,12-16H2,1-2H3,(H,25,29). The van der Waals surface area contributed by atoms with Gasteiger partial charge in [-0.2, -0.15) is 4.98 Å². The highest BCUT2D eigenvalue weighted by atomic mass is 16.5. The lowest BCUT2D eigenvalue weighted by Gasteiger charge is -2.30. The number of anilines is 1. The average molecular weight is 421 g/mol. The summed E-state index contributed by atoms with van der Waals surface area (Å²) >= 11 is 0. The van der Waals surface area contributed by atoms with Crippen LogP contribution in [0.5, 0.6) is 5.75 Å². The molecule has 1 aliphatic rings. The molecule has 2 heterocycles. The third kappa shape index (κ3) is 5.70. The van der Waals surface area contributed by atoms with E-state index in [2.05, 4.69) is 20.4 Å². The second-order valence-corrected chi connectivity index (χ2v) is 8.11. The lowest BCUT2D eigenvalue weighted by atomic mass is 9.96. The molecule has 31 heavy (non-hydrogen) atoms. The summed E-state index contributed by atoms with van der Waals surface area (Å²) < 4.78 is 11.1. The Kier molecular flexibility index (Phi) is 6.62. The molecule has 1 aliphatic heterocycles. The quantitative estimate of drug-likeness (QED) is 0.611. The number of nitrogens with one attached hydrogen (secondary N) is 1. The van der Waals surface area contributed by atoms with Crippen molar-refractivity contribution in [3.8, 4) is 17.1 Å². The Labute approximate surface area is 182 Å². The Morgan fingerprint density at radius 1 is 1.13 bits per heavy atom. The van der Waals surface area contributed by atoms with Crippen LogP contribution in [-0.4, -0.2) is 40.1 Å². The molecule has 0 saturated carbocycles. The minimum atomic E-state index is 0.00501. The van der Waals surface area contributed by atoms with Crippen molar-refractivity contribution in [1.29, 1.82) is 0 Å². The number of hydrogen-bond acceptors (Lipinski definition) is 6. The van der Waals surface area contributed by atoms with Gasteiger partial charge in [-0.15, -0.1) is 0 Å². The van der Waals surface area contributed by atoms with Crippen LogP contribution in [0.4, 0.5) is 5.69 Å². The van der Waals surface area contributed by atoms with E-state index in [9.17, 15) is 4.79 Å². The van der Waals surface area contributed by atoms with Crippen LogP contribution in [-0.2, 0) is 11.3 Å². The highest BCUT2D eigenvalue weighted by Gasteiger charge is 2.26. The fourth-order valence-corrected chi connectivity index (χ4v) is 3.70. The van der Waals surface area contributed by atoms with Crippen LogP contribution in [0, 0.1) is 5.92 Å². The minimum absolute atomic E-state index is 0.00501. The number of nitrogens with zero attached hydrogens (tertiary/aromatic N) is 3. The third-order valence-electron chi connectivity index (χ3n) is 5.31. The highest BCUT2D eigenvalue weighted by Crippen LogP contribution is 2.23. The Balaban J connectivity index is 1.25. The van der Waals surface area contributed by atoms with E-state index in [1.165, 1.54) is 0 Å². The highest BCUT2D eigenvalue weighted by molar-refractivity contribution is 5.92. The Morgan fingerprint density at radius 3 is 2.52 bits per heavy atom. The number of likely N-dealkylation sites (tertiary alicyclic amines) is 1. The largest absolute Gasteiger partial charge is 0.491 e. The number of rotatable bonds is 7. The zero-order valence-electron chi connectivity index (χ0n) is 18.0.